The Morgan fingerprint density at radius 1 is 1.27 bits per heavy atom. The first kappa shape index (κ1) is 28.6. The first-order chi connectivity index (χ1) is 17.7. The van der Waals surface area contributed by atoms with Gasteiger partial charge < -0.3 is 27.0 Å². The second kappa shape index (κ2) is 12.2. The number of hydrogen-bond donors (Lipinski definition) is 4. The molecule has 0 aromatic rings. The maximum Gasteiger partial charge on any atom is 0.237 e. The van der Waals surface area contributed by atoms with Crippen LogP contribution in [0.3, 0.4) is 0 Å². The highest BCUT2D eigenvalue weighted by Gasteiger charge is 2.48. The number of carbonyl (C=O) groups is 2. The summed E-state index contributed by atoms with van der Waals surface area (Å²) < 4.78 is 15.7. The Morgan fingerprint density at radius 2 is 2.05 bits per heavy atom. The zero-order valence-electron chi connectivity index (χ0n) is 23.0. The quantitative estimate of drug-likeness (QED) is 0.298. The lowest BCUT2D eigenvalue weighted by molar-refractivity contribution is -0.142. The van der Waals surface area contributed by atoms with Gasteiger partial charge >= 0.3 is 0 Å². The topological polar surface area (TPSA) is 123 Å². The minimum absolute atomic E-state index is 0.0745. The van der Waals surface area contributed by atoms with E-state index in [1.807, 2.05) is 28.7 Å². The molecule has 4 heterocycles. The van der Waals surface area contributed by atoms with Crippen LogP contribution < -0.4 is 22.1 Å². The van der Waals surface area contributed by atoms with Gasteiger partial charge in [-0.2, -0.15) is 0 Å². The second-order valence-corrected chi connectivity index (χ2v) is 11.7. The van der Waals surface area contributed by atoms with Crippen LogP contribution in [0, 0.1) is 5.92 Å². The molecule has 0 aliphatic carbocycles. The highest BCUT2D eigenvalue weighted by atomic mass is 19.1. The summed E-state index contributed by atoms with van der Waals surface area (Å²) >= 11 is 0. The van der Waals surface area contributed by atoms with E-state index in [1.165, 1.54) is 0 Å². The molecule has 4 saturated heterocycles. The molecule has 37 heavy (non-hydrogen) atoms. The van der Waals surface area contributed by atoms with E-state index in [-0.39, 0.29) is 49.2 Å². The lowest BCUT2D eigenvalue weighted by Crippen LogP contribution is -2.70. The van der Waals surface area contributed by atoms with E-state index in [9.17, 15) is 9.59 Å². The maximum absolute atomic E-state index is 15.7. The van der Waals surface area contributed by atoms with Crippen molar-refractivity contribution in [2.75, 3.05) is 59.4 Å². The van der Waals surface area contributed by atoms with Gasteiger partial charge in [0.05, 0.1) is 30.8 Å². The predicted molar refractivity (Wildman–Crippen MR) is 142 cm³/mol. The smallest absolute Gasteiger partial charge is 0.237 e. The molecule has 6 N–H and O–H groups in total. The SMILES string of the molecule is CCCCC1(F)CN(C)C(C(C(=O)NC2CNCCC2N2CC(=O)N3CCCC3C2)C(N)N)N(CC)C1. The molecular weight excluding hydrogens is 475 g/mol. The first-order valence-corrected chi connectivity index (χ1v) is 14.4. The van der Waals surface area contributed by atoms with Crippen molar-refractivity contribution in [1.82, 2.24) is 30.2 Å². The van der Waals surface area contributed by atoms with Gasteiger partial charge in [-0.25, -0.2) is 4.39 Å². The molecule has 0 aromatic heterocycles. The predicted octanol–water partition coefficient (Wildman–Crippen LogP) is -0.509. The van der Waals surface area contributed by atoms with Crippen LogP contribution in [0.1, 0.15) is 52.4 Å². The molecule has 4 rings (SSSR count). The highest BCUT2D eigenvalue weighted by molar-refractivity contribution is 5.81. The Morgan fingerprint density at radius 3 is 2.76 bits per heavy atom. The number of piperazine rings is 1. The van der Waals surface area contributed by atoms with Crippen LogP contribution in [0.15, 0.2) is 0 Å². The molecule has 0 spiro atoms. The number of hydrogen-bond acceptors (Lipinski definition) is 8. The molecule has 212 valence electrons. The number of piperidine rings is 1. The lowest BCUT2D eigenvalue weighted by atomic mass is 9.89. The monoisotopic (exact) mass is 524 g/mol. The van der Waals surface area contributed by atoms with Crippen LogP contribution in [0.25, 0.3) is 0 Å². The van der Waals surface area contributed by atoms with Crippen molar-refractivity contribution in [2.45, 2.75) is 88.5 Å². The molecule has 6 unspecified atom stereocenters. The number of nitrogens with zero attached hydrogens (tertiary/aromatic N) is 4. The second-order valence-electron chi connectivity index (χ2n) is 11.7. The van der Waals surface area contributed by atoms with Crippen molar-refractivity contribution in [3.05, 3.63) is 0 Å². The summed E-state index contributed by atoms with van der Waals surface area (Å²) in [6.07, 6.45) is 3.98. The maximum atomic E-state index is 15.7. The number of fused-ring (bicyclic) bond motifs is 1. The van der Waals surface area contributed by atoms with Gasteiger partial charge in [0.15, 0.2) is 0 Å². The molecule has 11 heteroatoms. The highest BCUT2D eigenvalue weighted by Crippen LogP contribution is 2.32. The lowest BCUT2D eigenvalue weighted by Gasteiger charge is -2.51. The number of rotatable bonds is 9. The van der Waals surface area contributed by atoms with Crippen molar-refractivity contribution in [2.24, 2.45) is 17.4 Å². The van der Waals surface area contributed by atoms with Crippen molar-refractivity contribution < 1.29 is 14.0 Å². The molecule has 0 aromatic carbocycles. The average molecular weight is 525 g/mol. The molecule has 10 nitrogen and oxygen atoms in total. The van der Waals surface area contributed by atoms with Crippen molar-refractivity contribution in [3.63, 3.8) is 0 Å². The minimum Gasteiger partial charge on any atom is -0.350 e. The summed E-state index contributed by atoms with van der Waals surface area (Å²) in [5.74, 6) is -0.717. The Bertz CT molecular complexity index is 803. The Labute approximate surface area is 221 Å². The van der Waals surface area contributed by atoms with Gasteiger partial charge in [-0.3, -0.25) is 24.3 Å². The molecule has 0 saturated carbocycles. The van der Waals surface area contributed by atoms with E-state index in [0.717, 1.165) is 51.7 Å². The summed E-state index contributed by atoms with van der Waals surface area (Å²) in [5.41, 5.74) is 11.2. The van der Waals surface area contributed by atoms with E-state index in [0.29, 0.717) is 26.1 Å². The molecule has 2 amide bonds. The molecule has 4 aliphatic heterocycles. The fraction of sp³-hybridized carbons (Fsp3) is 0.923. The fourth-order valence-corrected chi connectivity index (χ4v) is 7.20. The van der Waals surface area contributed by atoms with Crippen LogP contribution in [0.4, 0.5) is 4.39 Å². The number of amides is 2. The molecule has 6 atom stereocenters. The summed E-state index contributed by atoms with van der Waals surface area (Å²) in [4.78, 5) is 34.9. The summed E-state index contributed by atoms with van der Waals surface area (Å²) in [7, 11) is 1.87. The standard InChI is InChI=1S/C26H49FN8O2/c1-4-6-10-26(27)16-32(3)25(33(5-2)17-26)22(23(28)29)24(37)31-19-13-30-11-9-20(19)34-14-18-8-7-12-35(18)21(36)15-34/h18-20,22-23,25,30H,4-17,28-29H2,1-3H3,(H,31,37). The number of nitrogens with two attached hydrogens (primary N) is 2. The van der Waals surface area contributed by atoms with Crippen molar-refractivity contribution in [3.8, 4) is 0 Å². The molecular formula is C26H49FN8O2. The van der Waals surface area contributed by atoms with E-state index in [1.54, 1.807) is 0 Å². The Kier molecular flexibility index (Phi) is 9.45. The molecule has 0 bridgehead atoms. The summed E-state index contributed by atoms with van der Waals surface area (Å²) in [5, 5.41) is 6.67. The minimum atomic E-state index is -1.32. The molecule has 0 radical (unpaired) electrons. The molecule has 4 fully saturated rings. The number of nitrogens with one attached hydrogen (secondary N) is 2. The van der Waals surface area contributed by atoms with Crippen LogP contribution in [-0.2, 0) is 9.59 Å². The van der Waals surface area contributed by atoms with Gasteiger partial charge in [0.25, 0.3) is 0 Å². The van der Waals surface area contributed by atoms with Gasteiger partial charge in [0.1, 0.15) is 5.67 Å². The van der Waals surface area contributed by atoms with E-state index in [2.05, 4.69) is 22.5 Å². The third-order valence-corrected chi connectivity index (χ3v) is 8.99. The normalized spacial score (nSPS) is 35.1. The van der Waals surface area contributed by atoms with Gasteiger partial charge in [0, 0.05) is 44.8 Å². The fourth-order valence-electron chi connectivity index (χ4n) is 7.20. The van der Waals surface area contributed by atoms with Crippen LogP contribution in [0.2, 0.25) is 0 Å². The number of unbranched alkanes of at least 4 members (excludes halogenated alkanes) is 1. The first-order valence-electron chi connectivity index (χ1n) is 14.4. The zero-order valence-corrected chi connectivity index (χ0v) is 23.0. The van der Waals surface area contributed by atoms with Crippen molar-refractivity contribution >= 4 is 11.8 Å². The van der Waals surface area contributed by atoms with Crippen LogP contribution >= 0.6 is 0 Å². The summed E-state index contributed by atoms with van der Waals surface area (Å²) in [6.45, 7) is 8.79. The third-order valence-electron chi connectivity index (χ3n) is 8.99. The van der Waals surface area contributed by atoms with Gasteiger partial charge in [0.2, 0.25) is 11.8 Å². The third kappa shape index (κ3) is 6.28. The van der Waals surface area contributed by atoms with E-state index < -0.39 is 17.8 Å². The zero-order chi connectivity index (χ0) is 26.7. The Hall–Kier alpha value is -1.37. The number of halogens is 1. The number of carbonyl (C=O) groups excluding carboxylic acids is 2. The molecule has 4 aliphatic rings. The van der Waals surface area contributed by atoms with E-state index in [4.69, 9.17) is 11.5 Å². The van der Waals surface area contributed by atoms with Crippen molar-refractivity contribution in [1.29, 1.82) is 0 Å². The van der Waals surface area contributed by atoms with Gasteiger partial charge in [-0.15, -0.1) is 0 Å². The average Bonchev–Trinajstić information content (AvgIpc) is 3.34. The van der Waals surface area contributed by atoms with E-state index >= 15 is 4.39 Å². The Balaban J connectivity index is 1.47. The van der Waals surface area contributed by atoms with Crippen LogP contribution in [0.5, 0.6) is 0 Å². The van der Waals surface area contributed by atoms with Crippen LogP contribution in [-0.4, -0.2) is 127 Å². The largest absolute Gasteiger partial charge is 0.350 e. The van der Waals surface area contributed by atoms with Gasteiger partial charge in [-0.1, -0.05) is 26.7 Å². The summed E-state index contributed by atoms with van der Waals surface area (Å²) in [6, 6.07) is 0.197. The van der Waals surface area contributed by atoms with Gasteiger partial charge in [-0.05, 0) is 45.8 Å². The number of alkyl halides is 1.